The second-order valence-corrected chi connectivity index (χ2v) is 4.55. The maximum absolute atomic E-state index is 9.18. The van der Waals surface area contributed by atoms with Crippen molar-refractivity contribution in [2.45, 2.75) is 12.5 Å². The van der Waals surface area contributed by atoms with Gasteiger partial charge in [-0.15, -0.1) is 0 Å². The highest BCUT2D eigenvalue weighted by molar-refractivity contribution is 5.77. The number of anilines is 1. The Kier molecular flexibility index (Phi) is 2.83. The van der Waals surface area contributed by atoms with Crippen LogP contribution in [0.25, 0.3) is 11.2 Å². The Labute approximate surface area is 109 Å². The van der Waals surface area contributed by atoms with E-state index in [9.17, 15) is 5.11 Å². The molecular weight excluding hydrogens is 246 g/mol. The highest BCUT2D eigenvalue weighted by Gasteiger charge is 2.23. The molecule has 0 radical (unpaired) electrons. The van der Waals surface area contributed by atoms with Gasteiger partial charge in [0.05, 0.1) is 19.5 Å². The predicted molar refractivity (Wildman–Crippen MR) is 69.7 cm³/mol. The number of aliphatic hydroxyl groups excluding tert-OH is 1. The summed E-state index contributed by atoms with van der Waals surface area (Å²) in [5.74, 6) is 0.720. The molecule has 0 amide bonds. The van der Waals surface area contributed by atoms with Crippen LogP contribution >= 0.6 is 0 Å². The monoisotopic (exact) mass is 261 g/mol. The highest BCUT2D eigenvalue weighted by atomic mass is 16.5. The van der Waals surface area contributed by atoms with Gasteiger partial charge in [-0.3, -0.25) is 0 Å². The molecule has 0 bridgehead atoms. The fraction of sp³-hybridized carbons (Fsp3) is 0.417. The summed E-state index contributed by atoms with van der Waals surface area (Å²) in [4.78, 5) is 12.5. The lowest BCUT2D eigenvalue weighted by Gasteiger charge is -2.12. The Bertz CT molecular complexity index is 636. The first-order valence-electron chi connectivity index (χ1n) is 6.06. The minimum atomic E-state index is 0.126. The minimum absolute atomic E-state index is 0.126. The summed E-state index contributed by atoms with van der Waals surface area (Å²) < 4.78 is 7.09. The molecule has 2 aromatic rings. The number of aromatic nitrogens is 4. The standard InChI is InChI=1S/C12H15N5O2/c1-19-11-9-10(15-12(13)16-11)17(6-14-9)8-3-2-7(4-8)5-18/h2-3,6-8,18H,4-5H2,1H3,(H2,13,15,16)/t7-,8?/m1/s1. The van der Waals surface area contributed by atoms with Crippen LogP contribution in [0.5, 0.6) is 5.88 Å². The Hall–Kier alpha value is -2.15. The lowest BCUT2D eigenvalue weighted by atomic mass is 10.1. The Morgan fingerprint density at radius 1 is 1.47 bits per heavy atom. The topological polar surface area (TPSA) is 99.1 Å². The predicted octanol–water partition coefficient (Wildman–Crippen LogP) is 0.527. The van der Waals surface area contributed by atoms with E-state index in [1.54, 1.807) is 6.33 Å². The molecule has 7 heteroatoms. The van der Waals surface area contributed by atoms with Gasteiger partial charge < -0.3 is 20.1 Å². The van der Waals surface area contributed by atoms with E-state index in [0.717, 1.165) is 6.42 Å². The van der Waals surface area contributed by atoms with E-state index in [4.69, 9.17) is 10.5 Å². The van der Waals surface area contributed by atoms with Crippen LogP contribution in [0.3, 0.4) is 0 Å². The lowest BCUT2D eigenvalue weighted by molar-refractivity contribution is 0.244. The summed E-state index contributed by atoms with van der Waals surface area (Å²) in [7, 11) is 1.53. The van der Waals surface area contributed by atoms with Crippen LogP contribution in [0.2, 0.25) is 0 Å². The second kappa shape index (κ2) is 4.51. The number of fused-ring (bicyclic) bond motifs is 1. The molecule has 0 aliphatic heterocycles. The van der Waals surface area contributed by atoms with Crippen molar-refractivity contribution in [2.24, 2.45) is 5.92 Å². The van der Waals surface area contributed by atoms with Crippen LogP contribution in [-0.2, 0) is 0 Å². The van der Waals surface area contributed by atoms with Crippen molar-refractivity contribution in [1.82, 2.24) is 19.5 Å². The summed E-state index contributed by atoms with van der Waals surface area (Å²) in [5.41, 5.74) is 6.92. The van der Waals surface area contributed by atoms with Gasteiger partial charge in [0.2, 0.25) is 11.8 Å². The molecule has 100 valence electrons. The number of imidazole rings is 1. The van der Waals surface area contributed by atoms with Crippen LogP contribution in [0, 0.1) is 5.92 Å². The molecule has 3 N–H and O–H groups in total. The van der Waals surface area contributed by atoms with E-state index in [1.165, 1.54) is 7.11 Å². The van der Waals surface area contributed by atoms with E-state index < -0.39 is 0 Å². The maximum atomic E-state index is 9.18. The largest absolute Gasteiger partial charge is 0.479 e. The highest BCUT2D eigenvalue weighted by Crippen LogP contribution is 2.31. The van der Waals surface area contributed by atoms with Gasteiger partial charge in [0, 0.05) is 12.5 Å². The molecule has 0 aromatic carbocycles. The fourth-order valence-corrected chi connectivity index (χ4v) is 2.39. The molecule has 2 atom stereocenters. The number of methoxy groups -OCH3 is 1. The molecule has 0 saturated carbocycles. The van der Waals surface area contributed by atoms with Crippen molar-refractivity contribution in [1.29, 1.82) is 0 Å². The summed E-state index contributed by atoms with van der Waals surface area (Å²) in [5, 5.41) is 9.18. The number of nitrogens with zero attached hydrogens (tertiary/aromatic N) is 4. The zero-order valence-corrected chi connectivity index (χ0v) is 10.5. The van der Waals surface area contributed by atoms with Crippen LogP contribution in [0.1, 0.15) is 12.5 Å². The average Bonchev–Trinajstić information content (AvgIpc) is 3.03. The first kappa shape index (κ1) is 11.9. The van der Waals surface area contributed by atoms with E-state index in [0.29, 0.717) is 17.0 Å². The number of rotatable bonds is 3. The number of nitrogen functional groups attached to an aromatic ring is 1. The average molecular weight is 261 g/mol. The summed E-state index contributed by atoms with van der Waals surface area (Å²) >= 11 is 0. The van der Waals surface area contributed by atoms with Gasteiger partial charge >= 0.3 is 0 Å². The number of hydrogen-bond acceptors (Lipinski definition) is 6. The quantitative estimate of drug-likeness (QED) is 0.782. The van der Waals surface area contributed by atoms with Crippen molar-refractivity contribution in [3.05, 3.63) is 18.5 Å². The van der Waals surface area contributed by atoms with Crippen molar-refractivity contribution < 1.29 is 9.84 Å². The fourth-order valence-electron chi connectivity index (χ4n) is 2.39. The van der Waals surface area contributed by atoms with E-state index in [-0.39, 0.29) is 24.5 Å². The SMILES string of the molecule is COc1nc(N)nc2c1ncn2C1C=C[C@@H](CO)C1. The molecule has 2 aromatic heterocycles. The Balaban J connectivity index is 2.06. The van der Waals surface area contributed by atoms with Crippen molar-refractivity contribution >= 4 is 17.1 Å². The molecule has 0 fully saturated rings. The lowest BCUT2D eigenvalue weighted by Crippen LogP contribution is -2.08. The molecule has 1 unspecified atom stereocenters. The maximum Gasteiger partial charge on any atom is 0.246 e. The second-order valence-electron chi connectivity index (χ2n) is 4.55. The van der Waals surface area contributed by atoms with Gasteiger partial charge in [0.25, 0.3) is 0 Å². The van der Waals surface area contributed by atoms with E-state index >= 15 is 0 Å². The molecule has 19 heavy (non-hydrogen) atoms. The normalized spacial score (nSPS) is 22.2. The van der Waals surface area contributed by atoms with Gasteiger partial charge in [0.15, 0.2) is 11.2 Å². The third-order valence-corrected chi connectivity index (χ3v) is 3.34. The van der Waals surface area contributed by atoms with Crippen molar-refractivity contribution in [3.8, 4) is 5.88 Å². The molecule has 1 aliphatic rings. The number of ether oxygens (including phenoxy) is 1. The number of nitrogens with two attached hydrogens (primary N) is 1. The van der Waals surface area contributed by atoms with Crippen LogP contribution in [0.15, 0.2) is 18.5 Å². The summed E-state index contributed by atoms with van der Waals surface area (Å²) in [6, 6.07) is 0.126. The molecule has 0 spiro atoms. The first-order chi connectivity index (χ1) is 9.22. The number of allylic oxidation sites excluding steroid dienone is 1. The van der Waals surface area contributed by atoms with Crippen LogP contribution in [-0.4, -0.2) is 38.3 Å². The van der Waals surface area contributed by atoms with Crippen LogP contribution < -0.4 is 10.5 Å². The van der Waals surface area contributed by atoms with Gasteiger partial charge in [-0.05, 0) is 6.42 Å². The third kappa shape index (κ3) is 1.91. The molecule has 1 aliphatic carbocycles. The van der Waals surface area contributed by atoms with Gasteiger partial charge in [-0.25, -0.2) is 4.98 Å². The summed E-state index contributed by atoms with van der Waals surface area (Å²) in [6.45, 7) is 0.153. The Morgan fingerprint density at radius 3 is 3.00 bits per heavy atom. The molecular formula is C12H15N5O2. The van der Waals surface area contributed by atoms with Gasteiger partial charge in [-0.1, -0.05) is 12.2 Å². The van der Waals surface area contributed by atoms with E-state index in [2.05, 4.69) is 15.0 Å². The zero-order valence-electron chi connectivity index (χ0n) is 10.5. The minimum Gasteiger partial charge on any atom is -0.479 e. The summed E-state index contributed by atoms with van der Waals surface area (Å²) in [6.07, 6.45) is 6.59. The molecule has 0 saturated heterocycles. The van der Waals surface area contributed by atoms with E-state index in [1.807, 2.05) is 16.7 Å². The number of aliphatic hydroxyl groups is 1. The van der Waals surface area contributed by atoms with Crippen molar-refractivity contribution in [2.75, 3.05) is 19.5 Å². The third-order valence-electron chi connectivity index (χ3n) is 3.34. The number of hydrogen-bond donors (Lipinski definition) is 2. The first-order valence-corrected chi connectivity index (χ1v) is 6.06. The van der Waals surface area contributed by atoms with Gasteiger partial charge in [-0.2, -0.15) is 9.97 Å². The molecule has 3 rings (SSSR count). The van der Waals surface area contributed by atoms with Gasteiger partial charge in [0.1, 0.15) is 0 Å². The smallest absolute Gasteiger partial charge is 0.246 e. The van der Waals surface area contributed by atoms with Crippen molar-refractivity contribution in [3.63, 3.8) is 0 Å². The zero-order chi connectivity index (χ0) is 13.4. The molecule has 7 nitrogen and oxygen atoms in total. The van der Waals surface area contributed by atoms with Crippen LogP contribution in [0.4, 0.5) is 5.95 Å². The molecule has 2 heterocycles. The Morgan fingerprint density at radius 2 is 2.32 bits per heavy atom.